The summed E-state index contributed by atoms with van der Waals surface area (Å²) in [7, 11) is -0.345. The molecule has 0 aliphatic carbocycles. The minimum atomic E-state index is -3.57. The zero-order valence-corrected chi connectivity index (χ0v) is 11.6. The third kappa shape index (κ3) is 2.68. The predicted octanol–water partition coefficient (Wildman–Crippen LogP) is 1.95. The summed E-state index contributed by atoms with van der Waals surface area (Å²) in [5.74, 6) is 0.516. The van der Waals surface area contributed by atoms with E-state index in [0.717, 1.165) is 0 Å². The number of hydrogen-bond donors (Lipinski definition) is 1. The Labute approximate surface area is 113 Å². The minimum Gasteiger partial charge on any atom is -0.373 e. The van der Waals surface area contributed by atoms with Gasteiger partial charge < -0.3 is 5.32 Å². The van der Waals surface area contributed by atoms with Crippen molar-refractivity contribution in [3.8, 4) is 0 Å². The Morgan fingerprint density at radius 2 is 1.84 bits per heavy atom. The third-order valence-corrected chi connectivity index (χ3v) is 4.55. The van der Waals surface area contributed by atoms with Crippen LogP contribution < -0.4 is 9.62 Å². The molecule has 5 nitrogen and oxygen atoms in total. The molecule has 0 radical (unpaired) electrons. The Hall–Kier alpha value is -2.08. The van der Waals surface area contributed by atoms with Crippen molar-refractivity contribution >= 4 is 21.5 Å². The molecule has 0 saturated carbocycles. The van der Waals surface area contributed by atoms with Gasteiger partial charge in [0.1, 0.15) is 5.82 Å². The fraction of sp³-hybridized carbons (Fsp3) is 0.154. The average molecular weight is 277 g/mol. The van der Waals surface area contributed by atoms with Crippen LogP contribution in [0.3, 0.4) is 0 Å². The Kier molecular flexibility index (Phi) is 3.71. The number of aromatic nitrogens is 1. The Morgan fingerprint density at radius 1 is 1.16 bits per heavy atom. The molecule has 0 saturated heterocycles. The van der Waals surface area contributed by atoms with Crippen LogP contribution in [-0.4, -0.2) is 27.5 Å². The summed E-state index contributed by atoms with van der Waals surface area (Å²) in [6.07, 6.45) is 1.47. The second kappa shape index (κ2) is 5.27. The van der Waals surface area contributed by atoms with Gasteiger partial charge in [0, 0.05) is 26.4 Å². The standard InChI is InChI=1S/C13H15N3O2S/c1-14-13-10-12(8-9-15-13)19(17,18)16(2)11-6-4-3-5-7-11/h3-10H,1-2H3,(H,14,15). The van der Waals surface area contributed by atoms with Crippen molar-refractivity contribution in [1.82, 2.24) is 4.98 Å². The lowest BCUT2D eigenvalue weighted by Crippen LogP contribution is -2.26. The second-order valence-electron chi connectivity index (χ2n) is 3.93. The number of para-hydroxylation sites is 1. The quantitative estimate of drug-likeness (QED) is 0.928. The molecule has 2 rings (SSSR count). The van der Waals surface area contributed by atoms with E-state index < -0.39 is 10.0 Å². The molecule has 2 aromatic rings. The van der Waals surface area contributed by atoms with E-state index in [4.69, 9.17) is 0 Å². The van der Waals surface area contributed by atoms with E-state index in [0.29, 0.717) is 11.5 Å². The number of benzene rings is 1. The van der Waals surface area contributed by atoms with Crippen molar-refractivity contribution in [1.29, 1.82) is 0 Å². The highest BCUT2D eigenvalue weighted by atomic mass is 32.2. The van der Waals surface area contributed by atoms with Crippen molar-refractivity contribution in [3.63, 3.8) is 0 Å². The fourth-order valence-electron chi connectivity index (χ4n) is 1.64. The van der Waals surface area contributed by atoms with E-state index in [1.165, 1.54) is 29.7 Å². The van der Waals surface area contributed by atoms with E-state index in [9.17, 15) is 8.42 Å². The number of pyridine rings is 1. The molecule has 0 aliphatic heterocycles. The largest absolute Gasteiger partial charge is 0.373 e. The molecule has 100 valence electrons. The Balaban J connectivity index is 2.42. The molecular weight excluding hydrogens is 262 g/mol. The van der Waals surface area contributed by atoms with Gasteiger partial charge in [-0.2, -0.15) is 0 Å². The van der Waals surface area contributed by atoms with Gasteiger partial charge in [0.05, 0.1) is 10.6 Å². The van der Waals surface area contributed by atoms with E-state index in [1.807, 2.05) is 6.07 Å². The van der Waals surface area contributed by atoms with Crippen LogP contribution in [0.4, 0.5) is 11.5 Å². The van der Waals surface area contributed by atoms with Crippen molar-refractivity contribution in [3.05, 3.63) is 48.7 Å². The van der Waals surface area contributed by atoms with E-state index in [-0.39, 0.29) is 4.90 Å². The van der Waals surface area contributed by atoms with Crippen LogP contribution in [0.1, 0.15) is 0 Å². The molecule has 19 heavy (non-hydrogen) atoms. The Bertz CT molecular complexity index is 657. The van der Waals surface area contributed by atoms with Crippen molar-refractivity contribution in [2.45, 2.75) is 4.90 Å². The number of sulfonamides is 1. The maximum Gasteiger partial charge on any atom is 0.264 e. The number of rotatable bonds is 4. The zero-order chi connectivity index (χ0) is 13.9. The van der Waals surface area contributed by atoms with Gasteiger partial charge >= 0.3 is 0 Å². The summed E-state index contributed by atoms with van der Waals surface area (Å²) in [4.78, 5) is 4.22. The van der Waals surface area contributed by atoms with Crippen LogP contribution in [0.15, 0.2) is 53.6 Å². The van der Waals surface area contributed by atoms with Crippen molar-refractivity contribution in [2.24, 2.45) is 0 Å². The lowest BCUT2D eigenvalue weighted by Gasteiger charge is -2.19. The topological polar surface area (TPSA) is 62.3 Å². The number of nitrogens with zero attached hydrogens (tertiary/aromatic N) is 2. The average Bonchev–Trinajstić information content (AvgIpc) is 2.47. The zero-order valence-electron chi connectivity index (χ0n) is 10.7. The molecule has 0 atom stereocenters. The van der Waals surface area contributed by atoms with Crippen LogP contribution in [0.5, 0.6) is 0 Å². The lowest BCUT2D eigenvalue weighted by molar-refractivity contribution is 0.594. The molecule has 1 heterocycles. The van der Waals surface area contributed by atoms with Crippen LogP contribution in [0.2, 0.25) is 0 Å². The first-order chi connectivity index (χ1) is 9.05. The van der Waals surface area contributed by atoms with Gasteiger partial charge in [-0.25, -0.2) is 13.4 Å². The fourth-order valence-corrected chi connectivity index (χ4v) is 2.85. The molecule has 0 bridgehead atoms. The summed E-state index contributed by atoms with van der Waals surface area (Å²) < 4.78 is 26.2. The van der Waals surface area contributed by atoms with E-state index in [1.54, 1.807) is 31.3 Å². The maximum atomic E-state index is 12.5. The van der Waals surface area contributed by atoms with Crippen molar-refractivity contribution in [2.75, 3.05) is 23.7 Å². The molecule has 0 aliphatic rings. The molecule has 0 amide bonds. The predicted molar refractivity (Wildman–Crippen MR) is 75.8 cm³/mol. The third-order valence-electron chi connectivity index (χ3n) is 2.77. The first kappa shape index (κ1) is 13.4. The van der Waals surface area contributed by atoms with E-state index in [2.05, 4.69) is 10.3 Å². The van der Waals surface area contributed by atoms with Gasteiger partial charge in [0.2, 0.25) is 0 Å². The lowest BCUT2D eigenvalue weighted by atomic mass is 10.3. The molecule has 1 aromatic heterocycles. The number of nitrogens with one attached hydrogen (secondary N) is 1. The first-order valence-electron chi connectivity index (χ1n) is 5.73. The van der Waals surface area contributed by atoms with Gasteiger partial charge in [-0.15, -0.1) is 0 Å². The van der Waals surface area contributed by atoms with Crippen LogP contribution in [-0.2, 0) is 10.0 Å². The number of hydrogen-bond acceptors (Lipinski definition) is 4. The summed E-state index contributed by atoms with van der Waals surface area (Å²) in [5.41, 5.74) is 0.616. The number of anilines is 2. The first-order valence-corrected chi connectivity index (χ1v) is 7.17. The molecule has 0 spiro atoms. The molecule has 1 N–H and O–H groups in total. The van der Waals surface area contributed by atoms with E-state index >= 15 is 0 Å². The summed E-state index contributed by atoms with van der Waals surface area (Å²) in [5, 5.41) is 2.82. The second-order valence-corrected chi connectivity index (χ2v) is 5.90. The highest BCUT2D eigenvalue weighted by molar-refractivity contribution is 7.92. The smallest absolute Gasteiger partial charge is 0.264 e. The highest BCUT2D eigenvalue weighted by Gasteiger charge is 2.21. The molecule has 1 aromatic carbocycles. The summed E-state index contributed by atoms with van der Waals surface area (Å²) in [6, 6.07) is 11.9. The maximum absolute atomic E-state index is 12.5. The summed E-state index contributed by atoms with van der Waals surface area (Å²) in [6.45, 7) is 0. The summed E-state index contributed by atoms with van der Waals surface area (Å²) >= 11 is 0. The van der Waals surface area contributed by atoms with Crippen LogP contribution in [0.25, 0.3) is 0 Å². The Morgan fingerprint density at radius 3 is 2.47 bits per heavy atom. The van der Waals surface area contributed by atoms with Gasteiger partial charge in [0.25, 0.3) is 10.0 Å². The van der Waals surface area contributed by atoms with Gasteiger partial charge in [-0.1, -0.05) is 18.2 Å². The molecular formula is C13H15N3O2S. The minimum absolute atomic E-state index is 0.207. The van der Waals surface area contributed by atoms with Crippen LogP contribution >= 0.6 is 0 Å². The normalized spacial score (nSPS) is 11.1. The molecule has 0 unspecified atom stereocenters. The van der Waals surface area contributed by atoms with Crippen molar-refractivity contribution < 1.29 is 8.42 Å². The monoisotopic (exact) mass is 277 g/mol. The van der Waals surface area contributed by atoms with Gasteiger partial charge in [0.15, 0.2) is 0 Å². The van der Waals surface area contributed by atoms with Gasteiger partial charge in [-0.05, 0) is 18.2 Å². The molecule has 6 heteroatoms. The molecule has 0 fully saturated rings. The van der Waals surface area contributed by atoms with Gasteiger partial charge in [-0.3, -0.25) is 4.31 Å². The highest BCUT2D eigenvalue weighted by Crippen LogP contribution is 2.22. The SMILES string of the molecule is CNc1cc(S(=O)(=O)N(C)c2ccccc2)ccn1. The van der Waals surface area contributed by atoms with Crippen LogP contribution in [0, 0.1) is 0 Å².